The first kappa shape index (κ1) is 26.3. The van der Waals surface area contributed by atoms with Crippen LogP contribution >= 0.6 is 11.6 Å². The molecule has 0 amide bonds. The van der Waals surface area contributed by atoms with E-state index in [0.717, 1.165) is 54.8 Å². The summed E-state index contributed by atoms with van der Waals surface area (Å²) in [5.74, 6) is 4.87. The van der Waals surface area contributed by atoms with Crippen LogP contribution in [0.1, 0.15) is 112 Å². The maximum atomic E-state index is 12.1. The number of fused-ring (bicyclic) bond motifs is 5. The van der Waals surface area contributed by atoms with E-state index in [2.05, 4.69) is 40.7 Å². The van der Waals surface area contributed by atoms with Crippen LogP contribution < -0.4 is 0 Å². The van der Waals surface area contributed by atoms with Crippen LogP contribution in [0.3, 0.4) is 0 Å². The van der Waals surface area contributed by atoms with Gasteiger partial charge in [0.05, 0.1) is 0 Å². The highest BCUT2D eigenvalue weighted by molar-refractivity contribution is 6.30. The third kappa shape index (κ3) is 5.05. The Bertz CT molecular complexity index is 808. The number of rotatable bonds is 7. The van der Waals surface area contributed by atoms with E-state index in [1.54, 1.807) is 12.5 Å². The number of carbonyl (C=O) groups excluding carboxylic acids is 1. The van der Waals surface area contributed by atoms with Crippen LogP contribution in [-0.4, -0.2) is 12.1 Å². The van der Waals surface area contributed by atoms with Crippen LogP contribution in [0.4, 0.5) is 0 Å². The van der Waals surface area contributed by atoms with Crippen LogP contribution in [0, 0.1) is 46.3 Å². The molecule has 192 valence electrons. The molecule has 3 heteroatoms. The summed E-state index contributed by atoms with van der Waals surface area (Å²) >= 11 is 5.87. The third-order valence-electron chi connectivity index (χ3n) is 10.9. The van der Waals surface area contributed by atoms with E-state index in [0.29, 0.717) is 15.9 Å². The first-order valence-electron chi connectivity index (χ1n) is 14.3. The van der Waals surface area contributed by atoms with Gasteiger partial charge in [0, 0.05) is 17.5 Å². The molecule has 0 aromatic heterocycles. The smallest absolute Gasteiger partial charge is 0.332 e. The largest absolute Gasteiger partial charge is 0.459 e. The van der Waals surface area contributed by atoms with Gasteiger partial charge in [-0.05, 0) is 98.2 Å². The van der Waals surface area contributed by atoms with Crippen molar-refractivity contribution in [3.8, 4) is 0 Å². The second kappa shape index (κ2) is 10.3. The van der Waals surface area contributed by atoms with Crippen LogP contribution in [0.5, 0.6) is 0 Å². The molecule has 0 radical (unpaired) electrons. The van der Waals surface area contributed by atoms with Gasteiger partial charge < -0.3 is 4.74 Å². The summed E-state index contributed by atoms with van der Waals surface area (Å²) in [4.78, 5) is 12.1. The van der Waals surface area contributed by atoms with Gasteiger partial charge in [-0.25, -0.2) is 4.79 Å². The van der Waals surface area contributed by atoms with E-state index >= 15 is 0 Å². The Morgan fingerprint density at radius 2 is 1.88 bits per heavy atom. The van der Waals surface area contributed by atoms with Gasteiger partial charge in [-0.15, -0.1) is 0 Å². The topological polar surface area (TPSA) is 26.3 Å². The second-order valence-corrected chi connectivity index (χ2v) is 13.9. The highest BCUT2D eigenvalue weighted by atomic mass is 35.5. The van der Waals surface area contributed by atoms with Crippen molar-refractivity contribution in [3.63, 3.8) is 0 Å². The highest BCUT2D eigenvalue weighted by Crippen LogP contribution is 2.67. The van der Waals surface area contributed by atoms with Gasteiger partial charge in [0.2, 0.25) is 0 Å². The lowest BCUT2D eigenvalue weighted by atomic mass is 9.47. The van der Waals surface area contributed by atoms with Crippen molar-refractivity contribution in [3.05, 3.63) is 22.8 Å². The van der Waals surface area contributed by atoms with Gasteiger partial charge in [-0.2, -0.15) is 0 Å². The molecule has 0 bridgehead atoms. The van der Waals surface area contributed by atoms with Gasteiger partial charge in [-0.3, -0.25) is 0 Å². The molecule has 2 nitrogen and oxygen atoms in total. The fourth-order valence-corrected chi connectivity index (χ4v) is 9.20. The van der Waals surface area contributed by atoms with E-state index in [-0.39, 0.29) is 12.1 Å². The molecule has 4 rings (SSSR count). The molecular weight excluding hydrogens is 440 g/mol. The van der Waals surface area contributed by atoms with Crippen molar-refractivity contribution in [1.82, 2.24) is 0 Å². The molecule has 4 aliphatic rings. The summed E-state index contributed by atoms with van der Waals surface area (Å²) in [6.45, 7) is 14.2. The van der Waals surface area contributed by atoms with Gasteiger partial charge >= 0.3 is 5.97 Å². The molecule has 0 spiro atoms. The Morgan fingerprint density at radius 3 is 2.59 bits per heavy atom. The number of hydrogen-bond acceptors (Lipinski definition) is 2. The van der Waals surface area contributed by atoms with Gasteiger partial charge in [0.1, 0.15) is 6.10 Å². The molecule has 0 N–H and O–H groups in total. The average Bonchev–Trinajstić information content (AvgIpc) is 3.10. The molecule has 0 unspecified atom stereocenters. The number of hydrogen-bond donors (Lipinski definition) is 0. The summed E-state index contributed by atoms with van der Waals surface area (Å²) in [6, 6.07) is 0. The van der Waals surface area contributed by atoms with Crippen molar-refractivity contribution in [2.45, 2.75) is 118 Å². The molecule has 0 aromatic carbocycles. The monoisotopic (exact) mass is 488 g/mol. The summed E-state index contributed by atoms with van der Waals surface area (Å²) < 4.78 is 5.76. The first-order valence-corrected chi connectivity index (χ1v) is 14.7. The highest BCUT2D eigenvalue weighted by Gasteiger charge is 2.59. The van der Waals surface area contributed by atoms with Gasteiger partial charge in [0.25, 0.3) is 0 Å². The molecule has 34 heavy (non-hydrogen) atoms. The zero-order valence-corrected chi connectivity index (χ0v) is 23.4. The first-order chi connectivity index (χ1) is 16.0. The summed E-state index contributed by atoms with van der Waals surface area (Å²) in [6.07, 6.45) is 18.2. The number of halogens is 1. The minimum atomic E-state index is -0.289. The Morgan fingerprint density at radius 1 is 1.12 bits per heavy atom. The Kier molecular flexibility index (Phi) is 7.98. The molecule has 8 atom stereocenters. The number of esters is 1. The Hall–Kier alpha value is -0.760. The molecule has 3 saturated carbocycles. The molecular formula is C31H49ClO2. The maximum absolute atomic E-state index is 12.1. The fourth-order valence-electron chi connectivity index (χ4n) is 9.11. The lowest BCUT2D eigenvalue weighted by molar-refractivity contribution is -0.145. The summed E-state index contributed by atoms with van der Waals surface area (Å²) in [7, 11) is 0. The number of carbonyl (C=O) groups is 1. The van der Waals surface area contributed by atoms with E-state index in [1.165, 1.54) is 57.4 Å². The van der Waals surface area contributed by atoms with Gasteiger partial charge in [0.15, 0.2) is 0 Å². The molecule has 0 heterocycles. The minimum Gasteiger partial charge on any atom is -0.459 e. The van der Waals surface area contributed by atoms with Crippen LogP contribution in [-0.2, 0) is 9.53 Å². The molecule has 0 aromatic rings. The van der Waals surface area contributed by atoms with Gasteiger partial charge in [-0.1, -0.05) is 77.1 Å². The van der Waals surface area contributed by atoms with E-state index in [9.17, 15) is 4.79 Å². The van der Waals surface area contributed by atoms with Crippen LogP contribution in [0.2, 0.25) is 0 Å². The van der Waals surface area contributed by atoms with Crippen LogP contribution in [0.15, 0.2) is 22.8 Å². The van der Waals surface area contributed by atoms with Crippen molar-refractivity contribution in [2.24, 2.45) is 46.3 Å². The maximum Gasteiger partial charge on any atom is 0.332 e. The zero-order valence-electron chi connectivity index (χ0n) is 22.7. The third-order valence-corrected chi connectivity index (χ3v) is 11.0. The number of allylic oxidation sites excluding steroid dienone is 2. The number of ether oxygens (including phenoxy) is 1. The van der Waals surface area contributed by atoms with Crippen molar-refractivity contribution < 1.29 is 9.53 Å². The van der Waals surface area contributed by atoms with E-state index < -0.39 is 0 Å². The SMILES string of the molecule is C/C(Cl)=C\C(=O)O[C@H]1CC[C@@]2(C)C(=CC[C@H]3[C@@H]4CC[C@H]([C@H](C)CCCC(C)C)[C@@]4(C)CC[C@@H]32)C1. The van der Waals surface area contributed by atoms with E-state index in [1.807, 2.05) is 0 Å². The quantitative estimate of drug-likeness (QED) is 0.203. The van der Waals surface area contributed by atoms with E-state index in [4.69, 9.17) is 16.3 Å². The standard InChI is InChI=1S/C31H49ClO2/c1-20(2)8-7-9-21(3)26-12-13-27-25-11-10-23-19-24(34-29(33)18-22(4)32)14-16-30(23,5)28(25)15-17-31(26,27)6/h10,18,20-21,24-28H,7-9,11-17,19H2,1-6H3/b22-18+/t21-,24+,25+,26-,27+,28+,30+,31-/m1/s1. The normalized spacial score (nSPS) is 40.8. The summed E-state index contributed by atoms with van der Waals surface area (Å²) in [5, 5.41) is 0.486. The molecule has 0 saturated heterocycles. The van der Waals surface area contributed by atoms with Crippen molar-refractivity contribution in [1.29, 1.82) is 0 Å². The average molecular weight is 489 g/mol. The predicted octanol–water partition coefficient (Wildman–Crippen LogP) is 9.08. The van der Waals surface area contributed by atoms with Crippen molar-refractivity contribution in [2.75, 3.05) is 0 Å². The molecule has 3 fully saturated rings. The fraction of sp³-hybridized carbons (Fsp3) is 0.839. The summed E-state index contributed by atoms with van der Waals surface area (Å²) in [5.41, 5.74) is 2.41. The van der Waals surface area contributed by atoms with Crippen LogP contribution in [0.25, 0.3) is 0 Å². The Labute approximate surface area is 214 Å². The van der Waals surface area contributed by atoms with Crippen molar-refractivity contribution >= 4 is 17.6 Å². The molecule has 0 aliphatic heterocycles. The minimum absolute atomic E-state index is 0.00653. The Balaban J connectivity index is 1.44. The lowest BCUT2D eigenvalue weighted by Crippen LogP contribution is -2.51. The molecule has 4 aliphatic carbocycles. The second-order valence-electron chi connectivity index (χ2n) is 13.3. The zero-order chi connectivity index (χ0) is 24.7. The lowest BCUT2D eigenvalue weighted by Gasteiger charge is -2.58. The predicted molar refractivity (Wildman–Crippen MR) is 143 cm³/mol.